The summed E-state index contributed by atoms with van der Waals surface area (Å²) in [5.41, 5.74) is 0. The molecule has 0 bridgehead atoms. The van der Waals surface area contributed by atoms with Crippen molar-refractivity contribution in [1.29, 1.82) is 0 Å². The quantitative estimate of drug-likeness (QED) is 0.0264. The highest BCUT2D eigenvalue weighted by atomic mass is 32.3. The van der Waals surface area contributed by atoms with Gasteiger partial charge in [-0.15, -0.1) is 0 Å². The van der Waals surface area contributed by atoms with E-state index in [1.807, 2.05) is 6.92 Å². The lowest BCUT2D eigenvalue weighted by molar-refractivity contribution is -0.301. The molecule has 13 heteroatoms. The molecular formula is C42H82O12S. The van der Waals surface area contributed by atoms with Crippen molar-refractivity contribution in [3.8, 4) is 0 Å². The van der Waals surface area contributed by atoms with Crippen LogP contribution in [0.1, 0.15) is 200 Å². The molecule has 328 valence electrons. The zero-order valence-corrected chi connectivity index (χ0v) is 35.6. The van der Waals surface area contributed by atoms with Gasteiger partial charge in [-0.05, 0) is 12.8 Å². The van der Waals surface area contributed by atoms with E-state index in [2.05, 4.69) is 11.1 Å². The predicted octanol–water partition coefficient (Wildman–Crippen LogP) is 8.91. The third-order valence-corrected chi connectivity index (χ3v) is 10.9. The molecule has 12 nitrogen and oxygen atoms in total. The summed E-state index contributed by atoms with van der Waals surface area (Å²) in [6.45, 7) is 3.83. The molecule has 4 N–H and O–H groups in total. The van der Waals surface area contributed by atoms with Crippen LogP contribution in [0.3, 0.4) is 0 Å². The first-order chi connectivity index (χ1) is 26.6. The van der Waals surface area contributed by atoms with E-state index >= 15 is 0 Å². The summed E-state index contributed by atoms with van der Waals surface area (Å²) in [5.74, 6) is -0.419. The van der Waals surface area contributed by atoms with Crippen LogP contribution in [0.25, 0.3) is 0 Å². The lowest BCUT2D eigenvalue weighted by Gasteiger charge is -2.41. The van der Waals surface area contributed by atoms with Crippen LogP contribution in [-0.4, -0.2) is 97.5 Å². The zero-order valence-electron chi connectivity index (χ0n) is 34.8. The van der Waals surface area contributed by atoms with Crippen LogP contribution in [-0.2, 0) is 38.3 Å². The largest absolute Gasteiger partial charge is 0.457 e. The highest BCUT2D eigenvalue weighted by molar-refractivity contribution is 7.80. The lowest BCUT2D eigenvalue weighted by atomic mass is 9.99. The third-order valence-electron chi connectivity index (χ3n) is 10.5. The third kappa shape index (κ3) is 29.0. The van der Waals surface area contributed by atoms with Gasteiger partial charge >= 0.3 is 16.4 Å². The van der Waals surface area contributed by atoms with Crippen molar-refractivity contribution in [1.82, 2.24) is 0 Å². The van der Waals surface area contributed by atoms with Crippen molar-refractivity contribution in [3.63, 3.8) is 0 Å². The summed E-state index contributed by atoms with van der Waals surface area (Å²) in [4.78, 5) is 12.5. The Labute approximate surface area is 335 Å². The molecule has 0 aromatic heterocycles. The Bertz CT molecular complexity index is 984. The van der Waals surface area contributed by atoms with Gasteiger partial charge in [0.05, 0.1) is 19.8 Å². The second-order valence-corrected chi connectivity index (χ2v) is 16.7. The Morgan fingerprint density at radius 3 is 1.45 bits per heavy atom. The van der Waals surface area contributed by atoms with E-state index < -0.39 is 59.8 Å². The number of hydrogen-bond donors (Lipinski definition) is 4. The highest BCUT2D eigenvalue weighted by Crippen LogP contribution is 2.26. The normalized spacial score (nSPS) is 20.9. The minimum Gasteiger partial charge on any atom is -0.457 e. The first kappa shape index (κ1) is 52.1. The molecule has 0 aromatic rings. The number of hydrogen-bond acceptors (Lipinski definition) is 11. The van der Waals surface area contributed by atoms with Gasteiger partial charge in [-0.1, -0.05) is 181 Å². The molecule has 6 unspecified atom stereocenters. The van der Waals surface area contributed by atoms with Crippen LogP contribution in [0.15, 0.2) is 0 Å². The summed E-state index contributed by atoms with van der Waals surface area (Å²) in [6.07, 6.45) is 27.0. The maximum atomic E-state index is 12.5. The summed E-state index contributed by atoms with van der Waals surface area (Å²) in [5, 5.41) is 30.4. The number of carbonyl (C=O) groups excluding carboxylic acids is 1. The Hall–Kier alpha value is -0.900. The van der Waals surface area contributed by atoms with Crippen LogP contribution < -0.4 is 0 Å². The SMILES string of the molecule is CCCCCCCCCCCCCCCCCCCCCCCCCCCOCC(COC1OC(CO)C(O)C(OS(=O)(=O)O)C1O)OC(=O)CCCCC. The number of esters is 1. The molecule has 1 fully saturated rings. The van der Waals surface area contributed by atoms with E-state index in [4.69, 9.17) is 23.5 Å². The monoisotopic (exact) mass is 811 g/mol. The Kier molecular flexibility index (Phi) is 33.2. The fraction of sp³-hybridized carbons (Fsp3) is 0.976. The van der Waals surface area contributed by atoms with E-state index in [0.717, 1.165) is 32.1 Å². The molecule has 55 heavy (non-hydrogen) atoms. The molecule has 1 aliphatic rings. The Morgan fingerprint density at radius 2 is 1.04 bits per heavy atom. The molecule has 6 atom stereocenters. The van der Waals surface area contributed by atoms with Gasteiger partial charge in [0.2, 0.25) is 0 Å². The molecule has 1 rings (SSSR count). The molecular weight excluding hydrogens is 729 g/mol. The van der Waals surface area contributed by atoms with Crippen molar-refractivity contribution >= 4 is 16.4 Å². The zero-order chi connectivity index (χ0) is 40.4. The molecule has 0 amide bonds. The topological polar surface area (TPSA) is 178 Å². The predicted molar refractivity (Wildman–Crippen MR) is 216 cm³/mol. The molecule has 0 saturated carbocycles. The van der Waals surface area contributed by atoms with Gasteiger partial charge in [0, 0.05) is 13.0 Å². The number of carbonyl (C=O) groups is 1. The van der Waals surface area contributed by atoms with Crippen LogP contribution >= 0.6 is 0 Å². The molecule has 1 heterocycles. The molecule has 0 aromatic carbocycles. The van der Waals surface area contributed by atoms with Crippen LogP contribution in [0, 0.1) is 0 Å². The lowest BCUT2D eigenvalue weighted by Crippen LogP contribution is -2.60. The average molecular weight is 811 g/mol. The number of aliphatic hydroxyl groups excluding tert-OH is 3. The second kappa shape index (κ2) is 35.1. The number of aliphatic hydroxyl groups is 3. The van der Waals surface area contributed by atoms with Crippen LogP contribution in [0.5, 0.6) is 0 Å². The maximum absolute atomic E-state index is 12.5. The molecule has 0 aliphatic carbocycles. The van der Waals surface area contributed by atoms with Gasteiger partial charge in [0.1, 0.15) is 30.5 Å². The van der Waals surface area contributed by atoms with Crippen molar-refractivity contribution in [2.75, 3.05) is 26.4 Å². The average Bonchev–Trinajstić information content (AvgIpc) is 3.15. The minimum atomic E-state index is -5.05. The minimum absolute atomic E-state index is 0.0404. The number of rotatable bonds is 39. The van der Waals surface area contributed by atoms with Crippen molar-refractivity contribution in [2.24, 2.45) is 0 Å². The first-order valence-electron chi connectivity index (χ1n) is 22.3. The first-order valence-corrected chi connectivity index (χ1v) is 23.7. The second-order valence-electron chi connectivity index (χ2n) is 15.7. The molecule has 0 spiro atoms. The fourth-order valence-corrected chi connectivity index (χ4v) is 7.59. The van der Waals surface area contributed by atoms with Crippen LogP contribution in [0.2, 0.25) is 0 Å². The standard InChI is InChI=1S/C42H82O12S/c1-3-5-7-8-9-10-11-12-13-14-15-16-17-18-19-20-21-22-23-24-25-26-27-28-30-32-50-34-36(52-38(44)31-29-6-4-2)35-51-42-40(46)41(54-55(47,48)49)39(45)37(33-43)53-42/h36-37,39-43,45-46H,3-35H2,1-2H3,(H,47,48,49). The van der Waals surface area contributed by atoms with Gasteiger partial charge < -0.3 is 34.3 Å². The number of ether oxygens (including phenoxy) is 4. The summed E-state index contributed by atoms with van der Waals surface area (Å²) < 4.78 is 58.4. The Morgan fingerprint density at radius 1 is 0.618 bits per heavy atom. The number of unbranched alkanes of at least 4 members (excludes halogenated alkanes) is 26. The Balaban J connectivity index is 2.13. The summed E-state index contributed by atoms with van der Waals surface area (Å²) >= 11 is 0. The van der Waals surface area contributed by atoms with E-state index in [1.165, 1.54) is 141 Å². The molecule has 0 radical (unpaired) electrons. The highest BCUT2D eigenvalue weighted by Gasteiger charge is 2.48. The van der Waals surface area contributed by atoms with E-state index in [9.17, 15) is 28.5 Å². The smallest absolute Gasteiger partial charge is 0.397 e. The van der Waals surface area contributed by atoms with E-state index in [0.29, 0.717) is 13.0 Å². The van der Waals surface area contributed by atoms with E-state index in [-0.39, 0.29) is 19.6 Å². The van der Waals surface area contributed by atoms with Gasteiger partial charge in [0.25, 0.3) is 0 Å². The molecule has 1 aliphatic heterocycles. The van der Waals surface area contributed by atoms with Gasteiger partial charge in [-0.2, -0.15) is 8.42 Å². The fourth-order valence-electron chi connectivity index (χ4n) is 7.09. The van der Waals surface area contributed by atoms with Gasteiger partial charge in [-0.25, -0.2) is 4.18 Å². The maximum Gasteiger partial charge on any atom is 0.397 e. The van der Waals surface area contributed by atoms with Crippen molar-refractivity contribution in [3.05, 3.63) is 0 Å². The summed E-state index contributed by atoms with van der Waals surface area (Å²) in [6, 6.07) is 0. The van der Waals surface area contributed by atoms with Gasteiger partial charge in [0.15, 0.2) is 6.29 Å². The van der Waals surface area contributed by atoms with Crippen LogP contribution in [0.4, 0.5) is 0 Å². The summed E-state index contributed by atoms with van der Waals surface area (Å²) in [7, 11) is -5.05. The van der Waals surface area contributed by atoms with Gasteiger partial charge in [-0.3, -0.25) is 9.35 Å². The van der Waals surface area contributed by atoms with E-state index in [1.54, 1.807) is 0 Å². The van der Waals surface area contributed by atoms with Crippen molar-refractivity contribution < 1.29 is 56.2 Å². The van der Waals surface area contributed by atoms with Crippen molar-refractivity contribution in [2.45, 2.75) is 237 Å². The molecule has 1 saturated heterocycles.